The molecule has 1 heterocycles. The molecule has 0 bridgehead atoms. The number of hydrogen-bond donors (Lipinski definition) is 1. The Morgan fingerprint density at radius 1 is 1.25 bits per heavy atom. The zero-order chi connectivity index (χ0) is 14.7. The molecule has 0 saturated heterocycles. The van der Waals surface area contributed by atoms with Crippen molar-refractivity contribution in [3.05, 3.63) is 46.6 Å². The van der Waals surface area contributed by atoms with E-state index in [9.17, 15) is 0 Å². The molecule has 4 heteroatoms. The van der Waals surface area contributed by atoms with Crippen molar-refractivity contribution in [3.8, 4) is 0 Å². The fourth-order valence-corrected chi connectivity index (χ4v) is 2.72. The van der Waals surface area contributed by atoms with E-state index in [1.165, 1.54) is 16.7 Å². The van der Waals surface area contributed by atoms with Gasteiger partial charge in [-0.15, -0.1) is 0 Å². The number of rotatable bonds is 5. The van der Waals surface area contributed by atoms with Gasteiger partial charge < -0.3 is 10.6 Å². The van der Waals surface area contributed by atoms with Crippen molar-refractivity contribution in [2.45, 2.75) is 26.8 Å². The lowest BCUT2D eigenvalue weighted by Gasteiger charge is -2.22. The molecular formula is C16H24N4. The first-order valence-electron chi connectivity index (χ1n) is 7.02. The summed E-state index contributed by atoms with van der Waals surface area (Å²) in [4.78, 5) is 2.26. The summed E-state index contributed by atoms with van der Waals surface area (Å²) < 4.78 is 1.96. The molecule has 0 fully saturated rings. The van der Waals surface area contributed by atoms with E-state index in [1.54, 1.807) is 0 Å². The maximum atomic E-state index is 5.73. The molecule has 2 N–H and O–H groups in total. The van der Waals surface area contributed by atoms with Crippen LogP contribution < -0.4 is 10.6 Å². The van der Waals surface area contributed by atoms with E-state index in [2.05, 4.69) is 55.2 Å². The van der Waals surface area contributed by atoms with Gasteiger partial charge in [-0.25, -0.2) is 0 Å². The molecule has 1 aromatic heterocycles. The van der Waals surface area contributed by atoms with Crippen LogP contribution in [0, 0.1) is 13.8 Å². The molecule has 108 valence electrons. The summed E-state index contributed by atoms with van der Waals surface area (Å²) in [5.74, 6) is 1.16. The summed E-state index contributed by atoms with van der Waals surface area (Å²) in [5, 5.41) is 4.53. The summed E-state index contributed by atoms with van der Waals surface area (Å²) in [5.41, 5.74) is 10.7. The summed E-state index contributed by atoms with van der Waals surface area (Å²) in [7, 11) is 4.11. The molecule has 0 atom stereocenters. The van der Waals surface area contributed by atoms with Crippen molar-refractivity contribution in [2.75, 3.05) is 18.5 Å². The molecular weight excluding hydrogens is 248 g/mol. The second kappa shape index (κ2) is 6.09. The van der Waals surface area contributed by atoms with E-state index < -0.39 is 0 Å². The SMILES string of the molecule is Cc1ccccc1CN(C)c1c(CCN)c(C)nn1C. The molecule has 1 aromatic carbocycles. The van der Waals surface area contributed by atoms with E-state index in [1.807, 2.05) is 11.7 Å². The molecule has 4 nitrogen and oxygen atoms in total. The molecule has 0 aliphatic carbocycles. The number of nitrogens with two attached hydrogens (primary N) is 1. The minimum atomic E-state index is 0.651. The monoisotopic (exact) mass is 272 g/mol. The van der Waals surface area contributed by atoms with Crippen molar-refractivity contribution in [2.24, 2.45) is 12.8 Å². The van der Waals surface area contributed by atoms with E-state index in [4.69, 9.17) is 5.73 Å². The molecule has 2 rings (SSSR count). The van der Waals surface area contributed by atoms with Crippen LogP contribution in [0.1, 0.15) is 22.4 Å². The fraction of sp³-hybridized carbons (Fsp3) is 0.438. The van der Waals surface area contributed by atoms with Gasteiger partial charge in [0.1, 0.15) is 5.82 Å². The Morgan fingerprint density at radius 2 is 1.95 bits per heavy atom. The Hall–Kier alpha value is -1.81. The lowest BCUT2D eigenvalue weighted by atomic mass is 10.1. The highest BCUT2D eigenvalue weighted by molar-refractivity contribution is 5.50. The first kappa shape index (κ1) is 14.6. The van der Waals surface area contributed by atoms with Gasteiger partial charge in [-0.3, -0.25) is 4.68 Å². The molecule has 2 aromatic rings. The van der Waals surface area contributed by atoms with E-state index in [-0.39, 0.29) is 0 Å². The topological polar surface area (TPSA) is 47.1 Å². The standard InChI is InChI=1S/C16H24N4/c1-12-7-5-6-8-14(12)11-19(3)16-15(9-10-17)13(2)18-20(16)4/h5-8H,9-11,17H2,1-4H3. The van der Waals surface area contributed by atoms with Gasteiger partial charge in [-0.05, 0) is 37.9 Å². The van der Waals surface area contributed by atoms with Crippen LogP contribution in [0.5, 0.6) is 0 Å². The predicted molar refractivity (Wildman–Crippen MR) is 84.0 cm³/mol. The Bertz CT molecular complexity index is 586. The fourth-order valence-electron chi connectivity index (χ4n) is 2.72. The van der Waals surface area contributed by atoms with Gasteiger partial charge in [0, 0.05) is 26.2 Å². The number of aromatic nitrogens is 2. The van der Waals surface area contributed by atoms with E-state index >= 15 is 0 Å². The third kappa shape index (κ3) is 2.85. The average molecular weight is 272 g/mol. The van der Waals surface area contributed by atoms with Gasteiger partial charge in [0.15, 0.2) is 0 Å². The van der Waals surface area contributed by atoms with Crippen molar-refractivity contribution in [1.82, 2.24) is 9.78 Å². The van der Waals surface area contributed by atoms with Gasteiger partial charge in [-0.2, -0.15) is 5.10 Å². The first-order valence-corrected chi connectivity index (χ1v) is 7.02. The highest BCUT2D eigenvalue weighted by atomic mass is 15.4. The van der Waals surface area contributed by atoms with Gasteiger partial charge in [0.05, 0.1) is 5.69 Å². The highest BCUT2D eigenvalue weighted by Crippen LogP contribution is 2.24. The van der Waals surface area contributed by atoms with Crippen molar-refractivity contribution in [3.63, 3.8) is 0 Å². The van der Waals surface area contributed by atoms with Crippen LogP contribution >= 0.6 is 0 Å². The Kier molecular flexibility index (Phi) is 4.45. The predicted octanol–water partition coefficient (Wildman–Crippen LogP) is 2.17. The molecule has 0 amide bonds. The van der Waals surface area contributed by atoms with Crippen LogP contribution in [0.25, 0.3) is 0 Å². The molecule has 0 saturated carbocycles. The lowest BCUT2D eigenvalue weighted by molar-refractivity contribution is 0.724. The largest absolute Gasteiger partial charge is 0.355 e. The third-order valence-corrected chi connectivity index (χ3v) is 3.74. The highest BCUT2D eigenvalue weighted by Gasteiger charge is 2.16. The number of anilines is 1. The zero-order valence-electron chi connectivity index (χ0n) is 12.8. The second-order valence-electron chi connectivity index (χ2n) is 5.33. The van der Waals surface area contributed by atoms with Crippen molar-refractivity contribution in [1.29, 1.82) is 0 Å². The molecule has 0 unspecified atom stereocenters. The smallest absolute Gasteiger partial charge is 0.130 e. The number of benzene rings is 1. The summed E-state index contributed by atoms with van der Waals surface area (Å²) >= 11 is 0. The number of hydrogen-bond acceptors (Lipinski definition) is 3. The number of nitrogens with zero attached hydrogens (tertiary/aromatic N) is 3. The van der Waals surface area contributed by atoms with Crippen LogP contribution in [-0.2, 0) is 20.0 Å². The van der Waals surface area contributed by atoms with Gasteiger partial charge in [-0.1, -0.05) is 24.3 Å². The zero-order valence-corrected chi connectivity index (χ0v) is 12.8. The minimum Gasteiger partial charge on any atom is -0.355 e. The molecule has 0 aliphatic heterocycles. The first-order chi connectivity index (χ1) is 9.54. The third-order valence-electron chi connectivity index (χ3n) is 3.74. The van der Waals surface area contributed by atoms with Crippen LogP contribution in [0.4, 0.5) is 5.82 Å². The molecule has 0 spiro atoms. The summed E-state index contributed by atoms with van der Waals surface area (Å²) in [6, 6.07) is 8.49. The van der Waals surface area contributed by atoms with Crippen LogP contribution in [0.3, 0.4) is 0 Å². The number of aryl methyl sites for hydroxylation is 3. The Labute approximate surface area is 121 Å². The molecule has 20 heavy (non-hydrogen) atoms. The van der Waals surface area contributed by atoms with Crippen LogP contribution in [0.15, 0.2) is 24.3 Å². The Morgan fingerprint density at radius 3 is 2.60 bits per heavy atom. The minimum absolute atomic E-state index is 0.651. The summed E-state index contributed by atoms with van der Waals surface area (Å²) in [6.07, 6.45) is 0.868. The van der Waals surface area contributed by atoms with Gasteiger partial charge in [0.2, 0.25) is 0 Å². The van der Waals surface area contributed by atoms with Crippen LogP contribution in [-0.4, -0.2) is 23.4 Å². The van der Waals surface area contributed by atoms with E-state index in [0.29, 0.717) is 6.54 Å². The maximum Gasteiger partial charge on any atom is 0.130 e. The lowest BCUT2D eigenvalue weighted by Crippen LogP contribution is -2.21. The van der Waals surface area contributed by atoms with Crippen molar-refractivity contribution >= 4 is 5.82 Å². The van der Waals surface area contributed by atoms with Gasteiger partial charge in [0.25, 0.3) is 0 Å². The quantitative estimate of drug-likeness (QED) is 0.907. The maximum absolute atomic E-state index is 5.73. The second-order valence-corrected chi connectivity index (χ2v) is 5.33. The van der Waals surface area contributed by atoms with E-state index in [0.717, 1.165) is 24.5 Å². The van der Waals surface area contributed by atoms with Gasteiger partial charge >= 0.3 is 0 Å². The molecule has 0 radical (unpaired) electrons. The summed E-state index contributed by atoms with van der Waals surface area (Å²) in [6.45, 7) is 5.73. The average Bonchev–Trinajstić information content (AvgIpc) is 2.67. The Balaban J connectivity index is 2.29. The molecule has 0 aliphatic rings. The van der Waals surface area contributed by atoms with Crippen LogP contribution in [0.2, 0.25) is 0 Å². The van der Waals surface area contributed by atoms with Crippen molar-refractivity contribution < 1.29 is 0 Å². The normalized spacial score (nSPS) is 10.8.